The minimum atomic E-state index is -0.761. The summed E-state index contributed by atoms with van der Waals surface area (Å²) >= 11 is 0. The van der Waals surface area contributed by atoms with Crippen LogP contribution in [0.1, 0.15) is 40.5 Å². The van der Waals surface area contributed by atoms with Crippen LogP contribution in [-0.4, -0.2) is 60.2 Å². The van der Waals surface area contributed by atoms with Gasteiger partial charge in [0.25, 0.3) is 5.91 Å². The van der Waals surface area contributed by atoms with Crippen LogP contribution >= 0.6 is 0 Å². The summed E-state index contributed by atoms with van der Waals surface area (Å²) in [6, 6.07) is -1.48. The third-order valence-corrected chi connectivity index (χ3v) is 3.18. The summed E-state index contributed by atoms with van der Waals surface area (Å²) in [5.74, 6) is -1.12. The van der Waals surface area contributed by atoms with Crippen molar-refractivity contribution in [3.05, 3.63) is 0 Å². The Balaban J connectivity index is 2.44. The van der Waals surface area contributed by atoms with E-state index in [9.17, 15) is 19.2 Å². The number of nitrogens with zero attached hydrogens (tertiary/aromatic N) is 1. The number of carbonyl (C=O) groups excluding carboxylic acids is 4. The zero-order chi connectivity index (χ0) is 19.0. The number of hydrogen-bond acceptors (Lipinski definition) is 6. The Kier molecular flexibility index (Phi) is 7.46. The Morgan fingerprint density at radius 1 is 1.16 bits per heavy atom. The van der Waals surface area contributed by atoms with Crippen molar-refractivity contribution < 1.29 is 28.7 Å². The van der Waals surface area contributed by atoms with E-state index >= 15 is 0 Å². The summed E-state index contributed by atoms with van der Waals surface area (Å²) in [5.41, 5.74) is 3.69. The van der Waals surface area contributed by atoms with Crippen molar-refractivity contribution in [3.63, 3.8) is 0 Å². The predicted molar refractivity (Wildman–Crippen MR) is 87.3 cm³/mol. The number of hydrogen-bond donors (Lipinski definition) is 3. The van der Waals surface area contributed by atoms with Gasteiger partial charge < -0.3 is 14.8 Å². The molecule has 10 nitrogen and oxygen atoms in total. The normalized spacial score (nSPS) is 16.8. The molecule has 142 valence electrons. The Hall–Kier alpha value is -2.52. The van der Waals surface area contributed by atoms with E-state index in [0.29, 0.717) is 19.4 Å². The second kappa shape index (κ2) is 9.09. The molecule has 1 aliphatic heterocycles. The highest BCUT2D eigenvalue weighted by Crippen LogP contribution is 2.20. The maximum absolute atomic E-state index is 12.2. The van der Waals surface area contributed by atoms with Gasteiger partial charge in [0.1, 0.15) is 18.2 Å². The Morgan fingerprint density at radius 3 is 2.44 bits per heavy atom. The van der Waals surface area contributed by atoms with E-state index in [-0.39, 0.29) is 13.2 Å². The van der Waals surface area contributed by atoms with E-state index in [1.165, 1.54) is 4.90 Å². The molecule has 10 heteroatoms. The molecule has 1 aliphatic rings. The quantitative estimate of drug-likeness (QED) is 0.489. The highest BCUT2D eigenvalue weighted by atomic mass is 16.6. The van der Waals surface area contributed by atoms with Gasteiger partial charge in [-0.2, -0.15) is 0 Å². The molecule has 0 spiro atoms. The monoisotopic (exact) mass is 358 g/mol. The van der Waals surface area contributed by atoms with Crippen LogP contribution in [0, 0.1) is 0 Å². The number of rotatable bonds is 4. The first kappa shape index (κ1) is 20.5. The van der Waals surface area contributed by atoms with Crippen LogP contribution in [0.2, 0.25) is 0 Å². The van der Waals surface area contributed by atoms with Gasteiger partial charge in [-0.1, -0.05) is 0 Å². The van der Waals surface area contributed by atoms with Crippen LogP contribution in [0.3, 0.4) is 0 Å². The van der Waals surface area contributed by atoms with E-state index in [1.807, 2.05) is 0 Å². The summed E-state index contributed by atoms with van der Waals surface area (Å²) in [6.45, 7) is 7.17. The van der Waals surface area contributed by atoms with Gasteiger partial charge >= 0.3 is 18.1 Å². The van der Waals surface area contributed by atoms with Crippen molar-refractivity contribution in [1.82, 2.24) is 21.1 Å². The number of carbonyl (C=O) groups is 4. The van der Waals surface area contributed by atoms with Crippen LogP contribution < -0.4 is 16.2 Å². The van der Waals surface area contributed by atoms with Crippen molar-refractivity contribution >= 4 is 24.0 Å². The van der Waals surface area contributed by atoms with Crippen molar-refractivity contribution in [3.8, 4) is 0 Å². The highest BCUT2D eigenvalue weighted by Gasteiger charge is 2.36. The summed E-state index contributed by atoms with van der Waals surface area (Å²) in [4.78, 5) is 48.3. The molecule has 0 radical (unpaired) electrons. The van der Waals surface area contributed by atoms with Crippen molar-refractivity contribution in [1.29, 1.82) is 0 Å². The maximum atomic E-state index is 12.2. The highest BCUT2D eigenvalue weighted by molar-refractivity contribution is 5.88. The molecule has 0 bridgehead atoms. The third-order valence-electron chi connectivity index (χ3n) is 3.18. The van der Waals surface area contributed by atoms with Gasteiger partial charge in [0.05, 0.1) is 6.61 Å². The molecule has 1 rings (SSSR count). The van der Waals surface area contributed by atoms with Crippen LogP contribution in [-0.2, 0) is 19.1 Å². The van der Waals surface area contributed by atoms with Crippen molar-refractivity contribution in [2.45, 2.75) is 52.2 Å². The minimum Gasteiger partial charge on any atom is -0.465 e. The average Bonchev–Trinajstić information content (AvgIpc) is 2.99. The van der Waals surface area contributed by atoms with Crippen molar-refractivity contribution in [2.24, 2.45) is 0 Å². The number of likely N-dealkylation sites (tertiary alicyclic amines) is 1. The second-order valence-corrected chi connectivity index (χ2v) is 6.43. The second-order valence-electron chi connectivity index (χ2n) is 6.43. The topological polar surface area (TPSA) is 126 Å². The molecule has 0 saturated carbocycles. The number of hydrazine groups is 1. The molecule has 0 aliphatic carbocycles. The van der Waals surface area contributed by atoms with Gasteiger partial charge in [-0.05, 0) is 40.5 Å². The Morgan fingerprint density at radius 2 is 1.84 bits per heavy atom. The molecule has 25 heavy (non-hydrogen) atoms. The van der Waals surface area contributed by atoms with Crippen LogP contribution in [0.25, 0.3) is 0 Å². The lowest BCUT2D eigenvalue weighted by Crippen LogP contribution is -2.54. The van der Waals surface area contributed by atoms with Crippen molar-refractivity contribution in [2.75, 3.05) is 19.7 Å². The van der Waals surface area contributed by atoms with E-state index in [0.717, 1.165) is 0 Å². The molecule has 3 N–H and O–H groups in total. The van der Waals surface area contributed by atoms with Crippen LogP contribution in [0.15, 0.2) is 0 Å². The van der Waals surface area contributed by atoms with Gasteiger partial charge in [-0.15, -0.1) is 0 Å². The largest absolute Gasteiger partial charge is 0.465 e. The molecular weight excluding hydrogens is 332 g/mol. The molecule has 0 aromatic rings. The fourth-order valence-electron chi connectivity index (χ4n) is 2.19. The molecule has 0 aromatic carbocycles. The van der Waals surface area contributed by atoms with Crippen LogP contribution in [0.4, 0.5) is 9.59 Å². The lowest BCUT2D eigenvalue weighted by Gasteiger charge is -2.28. The molecule has 4 amide bonds. The number of nitrogens with one attached hydrogen (secondary N) is 3. The summed E-state index contributed by atoms with van der Waals surface area (Å²) in [6.07, 6.45) is 0.556. The molecule has 1 fully saturated rings. The first-order valence-electron chi connectivity index (χ1n) is 8.13. The smallest absolute Gasteiger partial charge is 0.410 e. The molecular formula is C15H26N4O6. The van der Waals surface area contributed by atoms with Crippen LogP contribution in [0.5, 0.6) is 0 Å². The van der Waals surface area contributed by atoms with Gasteiger partial charge in [0.2, 0.25) is 0 Å². The fraction of sp³-hybridized carbons (Fsp3) is 0.733. The Labute approximate surface area is 146 Å². The summed E-state index contributed by atoms with van der Waals surface area (Å²) in [7, 11) is 0. The zero-order valence-electron chi connectivity index (χ0n) is 15.0. The number of amides is 4. The molecule has 0 aromatic heterocycles. The molecule has 1 atom stereocenters. The van der Waals surface area contributed by atoms with E-state index < -0.39 is 35.6 Å². The molecule has 0 unspecified atom stereocenters. The van der Waals surface area contributed by atoms with E-state index in [4.69, 9.17) is 4.74 Å². The van der Waals surface area contributed by atoms with E-state index in [1.54, 1.807) is 27.7 Å². The van der Waals surface area contributed by atoms with E-state index in [2.05, 4.69) is 20.9 Å². The first-order chi connectivity index (χ1) is 11.6. The SMILES string of the molecule is CCOC(=O)CNC(=O)NNC(=O)[C@@H]1CCCN1C(=O)OC(C)(C)C. The Bertz CT molecular complexity index is 517. The predicted octanol–water partition coefficient (Wildman–Crippen LogP) is 0.279. The number of ether oxygens (including phenoxy) is 2. The third kappa shape index (κ3) is 7.27. The summed E-state index contributed by atoms with van der Waals surface area (Å²) < 4.78 is 9.92. The fourth-order valence-corrected chi connectivity index (χ4v) is 2.19. The average molecular weight is 358 g/mol. The molecule has 1 saturated heterocycles. The zero-order valence-corrected chi connectivity index (χ0v) is 15.0. The standard InChI is InChI=1S/C15H26N4O6/c1-5-24-11(20)9-16-13(22)18-17-12(21)10-7-6-8-19(10)14(23)25-15(2,3)4/h10H,5-9H2,1-4H3,(H,17,21)(H2,16,18,22)/t10-/m0/s1. The number of esters is 1. The number of urea groups is 1. The maximum Gasteiger partial charge on any atom is 0.410 e. The minimum absolute atomic E-state index is 0.209. The summed E-state index contributed by atoms with van der Waals surface area (Å²) in [5, 5.41) is 2.23. The van der Waals surface area contributed by atoms with Gasteiger partial charge in [-0.25, -0.2) is 15.0 Å². The van der Waals surface area contributed by atoms with Gasteiger partial charge in [-0.3, -0.25) is 19.9 Å². The first-order valence-corrected chi connectivity index (χ1v) is 8.13. The van der Waals surface area contributed by atoms with Gasteiger partial charge in [0.15, 0.2) is 0 Å². The lowest BCUT2D eigenvalue weighted by atomic mass is 10.2. The molecule has 1 heterocycles. The van der Waals surface area contributed by atoms with Gasteiger partial charge in [0, 0.05) is 6.54 Å². The lowest BCUT2D eigenvalue weighted by molar-refractivity contribution is -0.141.